The average molecular weight is 380 g/mol. The van der Waals surface area contributed by atoms with E-state index in [0.717, 1.165) is 43.5 Å². The number of hydrogen-bond donors (Lipinski definition) is 2. The normalized spacial score (nSPS) is 16.7. The molecule has 1 amide bonds. The van der Waals surface area contributed by atoms with Crippen LogP contribution >= 0.6 is 0 Å². The number of hydrogen-bond acceptors (Lipinski definition) is 3. The summed E-state index contributed by atoms with van der Waals surface area (Å²) in [4.78, 5) is 19.0. The van der Waals surface area contributed by atoms with E-state index in [1.165, 1.54) is 5.56 Å². The van der Waals surface area contributed by atoms with E-state index in [1.54, 1.807) is 7.11 Å². The van der Waals surface area contributed by atoms with Gasteiger partial charge in [-0.15, -0.1) is 0 Å². The van der Waals surface area contributed by atoms with Gasteiger partial charge in [0.2, 0.25) is 5.91 Å². The second-order valence-electron chi connectivity index (χ2n) is 6.79. The predicted molar refractivity (Wildman–Crippen MR) is 113 cm³/mol. The highest BCUT2D eigenvalue weighted by molar-refractivity contribution is 5.94. The number of nitrogens with one attached hydrogen (secondary N) is 2. The Labute approximate surface area is 166 Å². The molecule has 6 nitrogen and oxygen atoms in total. The molecular formula is C22H28N4O2. The molecular weight excluding hydrogens is 352 g/mol. The summed E-state index contributed by atoms with van der Waals surface area (Å²) in [5.41, 5.74) is 2.09. The van der Waals surface area contributed by atoms with Gasteiger partial charge in [-0.3, -0.25) is 4.79 Å². The Hall–Kier alpha value is -3.02. The fraction of sp³-hybridized carbons (Fsp3) is 0.364. The van der Waals surface area contributed by atoms with Gasteiger partial charge < -0.3 is 20.3 Å². The second kappa shape index (κ2) is 9.78. The SMILES string of the molecule is CCNC(=NCC(=O)Nc1ccccc1)N1CCC(c2ccc(OC)cc2)C1. The van der Waals surface area contributed by atoms with Crippen molar-refractivity contribution in [3.8, 4) is 5.75 Å². The zero-order valence-corrected chi connectivity index (χ0v) is 16.5. The third-order valence-electron chi connectivity index (χ3n) is 4.84. The molecule has 0 spiro atoms. The molecule has 1 heterocycles. The van der Waals surface area contributed by atoms with Crippen LogP contribution in [0.2, 0.25) is 0 Å². The van der Waals surface area contributed by atoms with Gasteiger partial charge in [0.1, 0.15) is 12.3 Å². The minimum Gasteiger partial charge on any atom is -0.497 e. The molecule has 0 bridgehead atoms. The Morgan fingerprint density at radius 2 is 1.93 bits per heavy atom. The lowest BCUT2D eigenvalue weighted by molar-refractivity contribution is -0.114. The monoisotopic (exact) mass is 380 g/mol. The zero-order valence-electron chi connectivity index (χ0n) is 16.5. The van der Waals surface area contributed by atoms with Crippen LogP contribution in [0.5, 0.6) is 5.75 Å². The zero-order chi connectivity index (χ0) is 19.8. The number of anilines is 1. The summed E-state index contributed by atoms with van der Waals surface area (Å²) in [6.45, 7) is 4.71. The Morgan fingerprint density at radius 3 is 2.61 bits per heavy atom. The topological polar surface area (TPSA) is 66.0 Å². The molecule has 1 fully saturated rings. The molecule has 0 radical (unpaired) electrons. The van der Waals surface area contributed by atoms with Crippen molar-refractivity contribution < 1.29 is 9.53 Å². The van der Waals surface area contributed by atoms with Gasteiger partial charge in [0.05, 0.1) is 7.11 Å². The first-order chi connectivity index (χ1) is 13.7. The number of para-hydroxylation sites is 1. The largest absolute Gasteiger partial charge is 0.497 e. The molecule has 2 N–H and O–H groups in total. The van der Waals surface area contributed by atoms with E-state index in [0.29, 0.717) is 5.92 Å². The number of carbonyl (C=O) groups excluding carboxylic acids is 1. The van der Waals surface area contributed by atoms with Gasteiger partial charge in [-0.2, -0.15) is 0 Å². The number of benzene rings is 2. The molecule has 28 heavy (non-hydrogen) atoms. The molecule has 148 valence electrons. The first kappa shape index (κ1) is 19.7. The number of methoxy groups -OCH3 is 1. The molecule has 1 atom stereocenters. The van der Waals surface area contributed by atoms with Crippen LogP contribution in [-0.2, 0) is 4.79 Å². The van der Waals surface area contributed by atoms with E-state index in [4.69, 9.17) is 4.74 Å². The van der Waals surface area contributed by atoms with Crippen molar-refractivity contribution in [3.63, 3.8) is 0 Å². The van der Waals surface area contributed by atoms with Gasteiger partial charge in [-0.05, 0) is 43.2 Å². The van der Waals surface area contributed by atoms with Crippen LogP contribution in [0.4, 0.5) is 5.69 Å². The maximum absolute atomic E-state index is 12.2. The molecule has 1 aliphatic heterocycles. The van der Waals surface area contributed by atoms with E-state index in [1.807, 2.05) is 49.4 Å². The Morgan fingerprint density at radius 1 is 1.18 bits per heavy atom. The smallest absolute Gasteiger partial charge is 0.246 e. The Kier molecular flexibility index (Phi) is 6.89. The maximum atomic E-state index is 12.2. The number of amides is 1. The first-order valence-electron chi connectivity index (χ1n) is 9.71. The molecule has 1 unspecified atom stereocenters. The van der Waals surface area contributed by atoms with Gasteiger partial charge in [-0.25, -0.2) is 4.99 Å². The highest BCUT2D eigenvalue weighted by Gasteiger charge is 2.26. The summed E-state index contributed by atoms with van der Waals surface area (Å²) >= 11 is 0. The predicted octanol–water partition coefficient (Wildman–Crippen LogP) is 3.09. The number of ether oxygens (including phenoxy) is 1. The van der Waals surface area contributed by atoms with Crippen molar-refractivity contribution in [2.75, 3.05) is 38.6 Å². The summed E-state index contributed by atoms with van der Waals surface area (Å²) in [5.74, 6) is 2.00. The van der Waals surface area contributed by atoms with Gasteiger partial charge in [0.25, 0.3) is 0 Å². The van der Waals surface area contributed by atoms with Crippen molar-refractivity contribution in [2.45, 2.75) is 19.3 Å². The molecule has 0 aromatic heterocycles. The Bertz CT molecular complexity index is 790. The van der Waals surface area contributed by atoms with Crippen molar-refractivity contribution >= 4 is 17.6 Å². The van der Waals surface area contributed by atoms with Crippen LogP contribution in [0.1, 0.15) is 24.8 Å². The van der Waals surface area contributed by atoms with Crippen LogP contribution in [0.3, 0.4) is 0 Å². The minimum absolute atomic E-state index is 0.0981. The van der Waals surface area contributed by atoms with E-state index in [-0.39, 0.29) is 12.5 Å². The second-order valence-corrected chi connectivity index (χ2v) is 6.79. The van der Waals surface area contributed by atoms with Crippen LogP contribution in [0, 0.1) is 0 Å². The van der Waals surface area contributed by atoms with Gasteiger partial charge in [0.15, 0.2) is 5.96 Å². The molecule has 3 rings (SSSR count). The summed E-state index contributed by atoms with van der Waals surface area (Å²) in [6.07, 6.45) is 1.06. The lowest BCUT2D eigenvalue weighted by atomic mass is 9.98. The van der Waals surface area contributed by atoms with Gasteiger partial charge in [-0.1, -0.05) is 30.3 Å². The maximum Gasteiger partial charge on any atom is 0.246 e. The number of nitrogens with zero attached hydrogens (tertiary/aromatic N) is 2. The summed E-state index contributed by atoms with van der Waals surface area (Å²) < 4.78 is 5.24. The number of guanidine groups is 1. The molecule has 1 aliphatic rings. The number of carbonyl (C=O) groups is 1. The quantitative estimate of drug-likeness (QED) is 0.597. The van der Waals surface area contributed by atoms with Gasteiger partial charge >= 0.3 is 0 Å². The van der Waals surface area contributed by atoms with E-state index >= 15 is 0 Å². The molecule has 0 aliphatic carbocycles. The lowest BCUT2D eigenvalue weighted by Crippen LogP contribution is -2.40. The highest BCUT2D eigenvalue weighted by atomic mass is 16.5. The van der Waals surface area contributed by atoms with E-state index < -0.39 is 0 Å². The standard InChI is InChI=1S/C22H28N4O2/c1-3-23-22(24-15-21(27)25-19-7-5-4-6-8-19)26-14-13-18(16-26)17-9-11-20(28-2)12-10-17/h4-12,18H,3,13-16H2,1-2H3,(H,23,24)(H,25,27). The van der Waals surface area contributed by atoms with Crippen LogP contribution in [0.15, 0.2) is 59.6 Å². The molecule has 1 saturated heterocycles. The molecule has 0 saturated carbocycles. The third-order valence-corrected chi connectivity index (χ3v) is 4.84. The summed E-state index contributed by atoms with van der Waals surface area (Å²) in [5, 5.41) is 6.18. The van der Waals surface area contributed by atoms with Crippen LogP contribution in [-0.4, -0.2) is 50.1 Å². The first-order valence-corrected chi connectivity index (χ1v) is 9.71. The summed E-state index contributed by atoms with van der Waals surface area (Å²) in [6, 6.07) is 17.7. The van der Waals surface area contributed by atoms with E-state index in [2.05, 4.69) is 32.7 Å². The van der Waals surface area contributed by atoms with Crippen LogP contribution in [0.25, 0.3) is 0 Å². The van der Waals surface area contributed by atoms with Crippen molar-refractivity contribution in [3.05, 3.63) is 60.2 Å². The highest BCUT2D eigenvalue weighted by Crippen LogP contribution is 2.28. The van der Waals surface area contributed by atoms with Gasteiger partial charge in [0, 0.05) is 31.2 Å². The van der Waals surface area contributed by atoms with Crippen LogP contribution < -0.4 is 15.4 Å². The molecule has 2 aromatic rings. The Balaban J connectivity index is 1.60. The lowest BCUT2D eigenvalue weighted by Gasteiger charge is -2.21. The van der Waals surface area contributed by atoms with Crippen molar-refractivity contribution in [1.82, 2.24) is 10.2 Å². The third kappa shape index (κ3) is 5.25. The fourth-order valence-electron chi connectivity index (χ4n) is 3.40. The summed E-state index contributed by atoms with van der Waals surface area (Å²) in [7, 11) is 1.68. The van der Waals surface area contributed by atoms with Crippen molar-refractivity contribution in [2.24, 2.45) is 4.99 Å². The van der Waals surface area contributed by atoms with E-state index in [9.17, 15) is 4.79 Å². The average Bonchev–Trinajstić information content (AvgIpc) is 3.22. The molecule has 2 aromatic carbocycles. The fourth-order valence-corrected chi connectivity index (χ4v) is 3.40. The minimum atomic E-state index is -0.118. The number of rotatable bonds is 6. The number of aliphatic imine (C=N–C) groups is 1. The number of likely N-dealkylation sites (tertiary alicyclic amines) is 1. The molecule has 6 heteroatoms. The van der Waals surface area contributed by atoms with Crippen molar-refractivity contribution in [1.29, 1.82) is 0 Å².